The molecule has 1 atom stereocenters. The van der Waals surface area contributed by atoms with Gasteiger partial charge in [-0.05, 0) is 74.0 Å². The van der Waals surface area contributed by atoms with Crippen molar-refractivity contribution in [2.45, 2.75) is 25.0 Å². The molecule has 2 N–H and O–H groups in total. The van der Waals surface area contributed by atoms with Gasteiger partial charge in [-0.3, -0.25) is 4.98 Å². The van der Waals surface area contributed by atoms with Crippen LogP contribution in [-0.2, 0) is 4.74 Å². The topological polar surface area (TPSA) is 93.2 Å². The quantitative estimate of drug-likeness (QED) is 0.338. The molecule has 35 heavy (non-hydrogen) atoms. The number of likely N-dealkylation sites (tertiary alicyclic amines) is 1. The second kappa shape index (κ2) is 12.0. The van der Waals surface area contributed by atoms with Gasteiger partial charge in [-0.2, -0.15) is 0 Å². The molecule has 8 nitrogen and oxygen atoms in total. The van der Waals surface area contributed by atoms with Crippen LogP contribution in [0.2, 0.25) is 0 Å². The number of β-amino-alcohol motifs (C(OH)–C–C–N with tert-alkyl or cyclic N) is 1. The van der Waals surface area contributed by atoms with Crippen molar-refractivity contribution in [3.8, 4) is 11.5 Å². The first-order valence-corrected chi connectivity index (χ1v) is 11.9. The number of carbonyl (C=O) groups excluding carboxylic acids is 1. The van der Waals surface area contributed by atoms with Crippen LogP contribution in [0.4, 0.5) is 0 Å². The number of nitrogens with zero attached hydrogens (tertiary/aromatic N) is 2. The van der Waals surface area contributed by atoms with E-state index < -0.39 is 6.10 Å². The van der Waals surface area contributed by atoms with Crippen LogP contribution in [0.25, 0.3) is 10.9 Å². The average Bonchev–Trinajstić information content (AvgIpc) is 2.91. The Kier molecular flexibility index (Phi) is 8.52. The number of aliphatic hydroxyl groups is 1. The zero-order valence-electron chi connectivity index (χ0n) is 20.3. The summed E-state index contributed by atoms with van der Waals surface area (Å²) in [6.07, 6.45) is 3.17. The fraction of sp³-hybridized carbons (Fsp3) is 0.407. The van der Waals surface area contributed by atoms with E-state index in [9.17, 15) is 9.90 Å². The van der Waals surface area contributed by atoms with Gasteiger partial charge in [0.1, 0.15) is 18.1 Å². The highest BCUT2D eigenvalue weighted by Crippen LogP contribution is 2.27. The van der Waals surface area contributed by atoms with Crippen molar-refractivity contribution in [3.05, 3.63) is 65.9 Å². The molecule has 0 saturated carbocycles. The number of ether oxygens (including phenoxy) is 3. The summed E-state index contributed by atoms with van der Waals surface area (Å²) in [5.41, 5.74) is 2.21. The summed E-state index contributed by atoms with van der Waals surface area (Å²) in [5.74, 6) is 1.04. The SMILES string of the molecule is COC(=O)c1cccc(OCCNC2CCN(C[C@H](O)c3ccnc4ccc(OC)cc34)CC2)c1. The molecule has 1 aliphatic rings. The maximum absolute atomic E-state index is 11.6. The van der Waals surface area contributed by atoms with Crippen LogP contribution in [0.15, 0.2) is 54.7 Å². The van der Waals surface area contributed by atoms with Gasteiger partial charge in [-0.15, -0.1) is 0 Å². The normalized spacial score (nSPS) is 15.6. The van der Waals surface area contributed by atoms with Gasteiger partial charge in [0.2, 0.25) is 0 Å². The van der Waals surface area contributed by atoms with E-state index in [2.05, 4.69) is 15.2 Å². The zero-order valence-corrected chi connectivity index (χ0v) is 20.3. The Morgan fingerprint density at radius 3 is 2.74 bits per heavy atom. The Bertz CT molecular complexity index is 1130. The van der Waals surface area contributed by atoms with Gasteiger partial charge in [0.05, 0.1) is 31.4 Å². The van der Waals surface area contributed by atoms with Gasteiger partial charge in [-0.25, -0.2) is 4.79 Å². The Labute approximate surface area is 205 Å². The summed E-state index contributed by atoms with van der Waals surface area (Å²) in [6.45, 7) is 3.66. The number of hydrogen-bond acceptors (Lipinski definition) is 8. The van der Waals surface area contributed by atoms with Gasteiger partial charge in [0, 0.05) is 30.7 Å². The molecule has 186 valence electrons. The number of aromatic nitrogens is 1. The molecule has 1 aliphatic heterocycles. The summed E-state index contributed by atoms with van der Waals surface area (Å²) in [7, 11) is 3.00. The zero-order chi connectivity index (χ0) is 24.6. The number of methoxy groups -OCH3 is 2. The van der Waals surface area contributed by atoms with Crippen molar-refractivity contribution >= 4 is 16.9 Å². The third kappa shape index (κ3) is 6.48. The molecule has 2 aromatic carbocycles. The maximum atomic E-state index is 11.6. The Morgan fingerprint density at radius 2 is 1.97 bits per heavy atom. The van der Waals surface area contributed by atoms with Gasteiger partial charge in [0.25, 0.3) is 0 Å². The number of hydrogen-bond donors (Lipinski definition) is 2. The Hall–Kier alpha value is -3.20. The largest absolute Gasteiger partial charge is 0.497 e. The number of piperidine rings is 1. The van der Waals surface area contributed by atoms with E-state index in [1.807, 2.05) is 30.3 Å². The predicted octanol–water partition coefficient (Wildman–Crippen LogP) is 3.20. The first kappa shape index (κ1) is 24.9. The molecule has 1 saturated heterocycles. The van der Waals surface area contributed by atoms with Crippen molar-refractivity contribution < 1.29 is 24.1 Å². The summed E-state index contributed by atoms with van der Waals surface area (Å²) in [5, 5.41) is 15.5. The lowest BCUT2D eigenvalue weighted by molar-refractivity contribution is 0.0600. The number of benzene rings is 2. The first-order chi connectivity index (χ1) is 17.1. The number of rotatable bonds is 10. The highest BCUT2D eigenvalue weighted by Gasteiger charge is 2.22. The molecule has 0 bridgehead atoms. The van der Waals surface area contributed by atoms with Crippen LogP contribution in [0, 0.1) is 0 Å². The molecule has 3 aromatic rings. The standard InChI is InChI=1S/C27H33N3O5/c1-33-21-6-7-25-24(17-21)23(8-11-29-25)26(31)18-30-13-9-20(10-14-30)28-12-15-35-22-5-3-4-19(16-22)27(32)34-2/h3-8,11,16-17,20,26,28,31H,9-10,12-15,18H2,1-2H3/t26-/m0/s1. The van der Waals surface area contributed by atoms with E-state index in [0.717, 1.165) is 54.7 Å². The van der Waals surface area contributed by atoms with Crippen LogP contribution >= 0.6 is 0 Å². The van der Waals surface area contributed by atoms with Crippen LogP contribution < -0.4 is 14.8 Å². The molecule has 4 rings (SSSR count). The van der Waals surface area contributed by atoms with Crippen molar-refractivity contribution in [1.82, 2.24) is 15.2 Å². The average molecular weight is 480 g/mol. The van der Waals surface area contributed by atoms with Crippen LogP contribution in [0.3, 0.4) is 0 Å². The molecule has 2 heterocycles. The minimum atomic E-state index is -0.591. The summed E-state index contributed by atoms with van der Waals surface area (Å²) in [6, 6.07) is 15.1. The second-order valence-electron chi connectivity index (χ2n) is 8.70. The van der Waals surface area contributed by atoms with Gasteiger partial charge < -0.3 is 29.5 Å². The lowest BCUT2D eigenvalue weighted by atomic mass is 10.0. The summed E-state index contributed by atoms with van der Waals surface area (Å²) in [4.78, 5) is 18.4. The molecule has 0 radical (unpaired) electrons. The van der Waals surface area contributed by atoms with E-state index in [0.29, 0.717) is 30.5 Å². The number of nitrogens with one attached hydrogen (secondary N) is 1. The predicted molar refractivity (Wildman–Crippen MR) is 134 cm³/mol. The third-order valence-corrected chi connectivity index (χ3v) is 6.42. The van der Waals surface area contributed by atoms with E-state index in [1.54, 1.807) is 31.5 Å². The van der Waals surface area contributed by atoms with Crippen LogP contribution in [0.5, 0.6) is 11.5 Å². The number of fused-ring (bicyclic) bond motifs is 1. The van der Waals surface area contributed by atoms with Gasteiger partial charge >= 0.3 is 5.97 Å². The third-order valence-electron chi connectivity index (χ3n) is 6.42. The second-order valence-corrected chi connectivity index (χ2v) is 8.70. The van der Waals surface area contributed by atoms with Crippen LogP contribution in [0.1, 0.15) is 34.9 Å². The number of aliphatic hydroxyl groups excluding tert-OH is 1. The smallest absolute Gasteiger partial charge is 0.337 e. The molecular weight excluding hydrogens is 446 g/mol. The molecule has 0 unspecified atom stereocenters. The van der Waals surface area contributed by atoms with Crippen LogP contribution in [-0.4, -0.2) is 74.0 Å². The fourth-order valence-electron chi connectivity index (χ4n) is 4.49. The summed E-state index contributed by atoms with van der Waals surface area (Å²) >= 11 is 0. The van der Waals surface area contributed by atoms with E-state index in [1.165, 1.54) is 7.11 Å². The number of esters is 1. The Morgan fingerprint density at radius 1 is 1.14 bits per heavy atom. The Balaban J connectivity index is 1.21. The highest BCUT2D eigenvalue weighted by atomic mass is 16.5. The van der Waals surface area contributed by atoms with Crippen molar-refractivity contribution in [2.75, 3.05) is 47.0 Å². The lowest BCUT2D eigenvalue weighted by Crippen LogP contribution is -2.44. The van der Waals surface area contributed by atoms with Gasteiger partial charge in [0.15, 0.2) is 0 Å². The van der Waals surface area contributed by atoms with E-state index in [-0.39, 0.29) is 5.97 Å². The molecule has 1 aromatic heterocycles. The molecular formula is C27H33N3O5. The molecule has 8 heteroatoms. The van der Waals surface area contributed by atoms with E-state index in [4.69, 9.17) is 14.2 Å². The van der Waals surface area contributed by atoms with Crippen molar-refractivity contribution in [3.63, 3.8) is 0 Å². The minimum absolute atomic E-state index is 0.373. The highest BCUT2D eigenvalue weighted by molar-refractivity contribution is 5.89. The molecule has 1 fully saturated rings. The monoisotopic (exact) mass is 479 g/mol. The van der Waals surface area contributed by atoms with Gasteiger partial charge in [-0.1, -0.05) is 6.07 Å². The fourth-order valence-corrected chi connectivity index (χ4v) is 4.49. The first-order valence-electron chi connectivity index (χ1n) is 11.9. The molecule has 0 aliphatic carbocycles. The van der Waals surface area contributed by atoms with Crippen molar-refractivity contribution in [1.29, 1.82) is 0 Å². The molecule has 0 amide bonds. The number of carbonyl (C=O) groups is 1. The van der Waals surface area contributed by atoms with E-state index >= 15 is 0 Å². The maximum Gasteiger partial charge on any atom is 0.337 e. The summed E-state index contributed by atoms with van der Waals surface area (Å²) < 4.78 is 15.9. The lowest BCUT2D eigenvalue weighted by Gasteiger charge is -2.33. The molecule has 0 spiro atoms. The number of pyridine rings is 1. The minimum Gasteiger partial charge on any atom is -0.497 e. The van der Waals surface area contributed by atoms with Crippen molar-refractivity contribution in [2.24, 2.45) is 0 Å².